The van der Waals surface area contributed by atoms with Crippen LogP contribution in [0.15, 0.2) is 18.5 Å². The molecule has 0 unspecified atom stereocenters. The van der Waals surface area contributed by atoms with Gasteiger partial charge >= 0.3 is 5.97 Å². The molecule has 0 aromatic carbocycles. The molecule has 6 nitrogen and oxygen atoms in total. The maximum Gasteiger partial charge on any atom is 0.341 e. The van der Waals surface area contributed by atoms with Gasteiger partial charge in [0.2, 0.25) is 0 Å². The van der Waals surface area contributed by atoms with Crippen LogP contribution in [0.1, 0.15) is 10.4 Å². The molecule has 7 heteroatoms. The molecule has 0 aliphatic rings. The van der Waals surface area contributed by atoms with E-state index in [0.29, 0.717) is 22.5 Å². The van der Waals surface area contributed by atoms with Crippen molar-refractivity contribution in [3.05, 3.63) is 24.0 Å². The molecule has 17 heavy (non-hydrogen) atoms. The van der Waals surface area contributed by atoms with E-state index >= 15 is 0 Å². The Labute approximate surface area is 104 Å². The van der Waals surface area contributed by atoms with Crippen LogP contribution in [0.4, 0.5) is 5.69 Å². The minimum Gasteiger partial charge on any atom is -0.492 e. The van der Waals surface area contributed by atoms with E-state index in [1.54, 1.807) is 12.3 Å². The van der Waals surface area contributed by atoms with E-state index in [0.717, 1.165) is 0 Å². The predicted molar refractivity (Wildman–Crippen MR) is 64.7 cm³/mol. The normalized spacial score (nSPS) is 9.76. The number of fused-ring (bicyclic) bond motifs is 1. The fourth-order valence-electron chi connectivity index (χ4n) is 1.54. The van der Waals surface area contributed by atoms with Crippen LogP contribution in [0.2, 0.25) is 0 Å². The molecule has 0 atom stereocenters. The van der Waals surface area contributed by atoms with Gasteiger partial charge in [-0.05, 0) is 6.07 Å². The van der Waals surface area contributed by atoms with Crippen molar-refractivity contribution >= 4 is 29.6 Å². The Kier molecular flexibility index (Phi) is 3.80. The maximum atomic E-state index is 11.5. The molecular weight excluding hydrogens is 246 g/mol. The largest absolute Gasteiger partial charge is 0.492 e. The first-order chi connectivity index (χ1) is 7.69. The van der Waals surface area contributed by atoms with Gasteiger partial charge in [-0.3, -0.25) is 0 Å². The van der Waals surface area contributed by atoms with Crippen LogP contribution < -0.4 is 10.5 Å². The fourth-order valence-corrected chi connectivity index (χ4v) is 1.54. The lowest BCUT2D eigenvalue weighted by atomic mass is 10.2. The summed E-state index contributed by atoms with van der Waals surface area (Å²) in [7, 11) is 2.80. The molecule has 2 heterocycles. The van der Waals surface area contributed by atoms with E-state index in [1.807, 2.05) is 0 Å². The average molecular weight is 258 g/mol. The van der Waals surface area contributed by atoms with Gasteiger partial charge in [0.25, 0.3) is 0 Å². The number of hydrogen-bond acceptors (Lipinski definition) is 5. The molecule has 2 aromatic heterocycles. The van der Waals surface area contributed by atoms with Crippen molar-refractivity contribution in [3.63, 3.8) is 0 Å². The summed E-state index contributed by atoms with van der Waals surface area (Å²) in [5.41, 5.74) is 7.03. The topological polar surface area (TPSA) is 78.8 Å². The van der Waals surface area contributed by atoms with Crippen LogP contribution in [0.5, 0.6) is 5.75 Å². The molecule has 0 amide bonds. The van der Waals surface area contributed by atoms with Crippen molar-refractivity contribution in [2.24, 2.45) is 0 Å². The molecule has 92 valence electrons. The van der Waals surface area contributed by atoms with Crippen LogP contribution in [-0.4, -0.2) is 29.8 Å². The van der Waals surface area contributed by atoms with Crippen molar-refractivity contribution in [1.82, 2.24) is 9.61 Å². The highest BCUT2D eigenvalue weighted by molar-refractivity contribution is 5.99. The lowest BCUT2D eigenvalue weighted by Gasteiger charge is -2.07. The fraction of sp³-hybridized carbons (Fsp3) is 0.200. The highest BCUT2D eigenvalue weighted by atomic mass is 35.5. The number of methoxy groups -OCH3 is 2. The van der Waals surface area contributed by atoms with Gasteiger partial charge in [-0.1, -0.05) is 0 Å². The summed E-state index contributed by atoms with van der Waals surface area (Å²) in [6, 6.07) is 1.65. The van der Waals surface area contributed by atoms with Crippen LogP contribution in [0, 0.1) is 0 Å². The lowest BCUT2D eigenvalue weighted by molar-refractivity contribution is 0.0602. The van der Waals surface area contributed by atoms with Gasteiger partial charge in [0.1, 0.15) is 11.1 Å². The number of halogens is 1. The standard InChI is InChI=1S/C10H11N3O3.ClH/c1-15-9-7(11)3-4-13-8(9)6(5-12-13)10(14)16-2;/h3-5H,11H2,1-2H3;1H. The summed E-state index contributed by atoms with van der Waals surface area (Å²) in [5.74, 6) is -0.0562. The van der Waals surface area contributed by atoms with Crippen molar-refractivity contribution in [1.29, 1.82) is 0 Å². The van der Waals surface area contributed by atoms with Gasteiger partial charge in [0, 0.05) is 6.20 Å². The third-order valence-electron chi connectivity index (χ3n) is 2.28. The van der Waals surface area contributed by atoms with Crippen molar-refractivity contribution < 1.29 is 14.3 Å². The Balaban J connectivity index is 0.00000144. The lowest BCUT2D eigenvalue weighted by Crippen LogP contribution is -2.03. The minimum absolute atomic E-state index is 0. The van der Waals surface area contributed by atoms with Gasteiger partial charge in [0.15, 0.2) is 5.75 Å². The average Bonchev–Trinajstić information content (AvgIpc) is 2.72. The summed E-state index contributed by atoms with van der Waals surface area (Å²) in [6.45, 7) is 0. The number of nitrogens with zero attached hydrogens (tertiary/aromatic N) is 2. The maximum absolute atomic E-state index is 11.5. The number of carbonyl (C=O) groups is 1. The Bertz CT molecular complexity index is 553. The quantitative estimate of drug-likeness (QED) is 0.816. The van der Waals surface area contributed by atoms with Gasteiger partial charge in [0.05, 0.1) is 26.1 Å². The first-order valence-corrected chi connectivity index (χ1v) is 4.57. The molecule has 0 spiro atoms. The second-order valence-electron chi connectivity index (χ2n) is 3.15. The molecule has 2 N–H and O–H groups in total. The summed E-state index contributed by atoms with van der Waals surface area (Å²) in [4.78, 5) is 11.5. The number of hydrogen-bond donors (Lipinski definition) is 1. The van der Waals surface area contributed by atoms with E-state index in [4.69, 9.17) is 10.5 Å². The molecular formula is C10H12ClN3O3. The molecule has 0 bridgehead atoms. The number of aromatic nitrogens is 2. The number of pyridine rings is 1. The zero-order valence-corrected chi connectivity index (χ0v) is 10.2. The Morgan fingerprint density at radius 3 is 2.76 bits per heavy atom. The first kappa shape index (κ1) is 13.1. The van der Waals surface area contributed by atoms with E-state index in [1.165, 1.54) is 24.9 Å². The zero-order chi connectivity index (χ0) is 11.7. The molecule has 0 aliphatic heterocycles. The highest BCUT2D eigenvalue weighted by Crippen LogP contribution is 2.29. The molecule has 0 saturated carbocycles. The van der Waals surface area contributed by atoms with Gasteiger partial charge < -0.3 is 15.2 Å². The van der Waals surface area contributed by atoms with Gasteiger partial charge in [-0.2, -0.15) is 5.10 Å². The molecule has 0 radical (unpaired) electrons. The number of nitrogen functional groups attached to an aromatic ring is 1. The van der Waals surface area contributed by atoms with Crippen LogP contribution in [0.25, 0.3) is 5.52 Å². The van der Waals surface area contributed by atoms with E-state index in [-0.39, 0.29) is 12.4 Å². The summed E-state index contributed by atoms with van der Waals surface area (Å²) < 4.78 is 11.3. The first-order valence-electron chi connectivity index (χ1n) is 4.57. The third-order valence-corrected chi connectivity index (χ3v) is 2.28. The van der Waals surface area contributed by atoms with Gasteiger partial charge in [-0.25, -0.2) is 9.31 Å². The molecule has 0 saturated heterocycles. The SMILES string of the molecule is COC(=O)c1cnn2ccc(N)c(OC)c12.Cl. The molecule has 2 rings (SSSR count). The number of rotatable bonds is 2. The summed E-state index contributed by atoms with van der Waals surface area (Å²) >= 11 is 0. The molecule has 0 aliphatic carbocycles. The number of carbonyl (C=O) groups excluding carboxylic acids is 1. The van der Waals surface area contributed by atoms with E-state index in [9.17, 15) is 4.79 Å². The highest BCUT2D eigenvalue weighted by Gasteiger charge is 2.18. The molecule has 2 aromatic rings. The smallest absolute Gasteiger partial charge is 0.341 e. The number of nitrogens with two attached hydrogens (primary N) is 1. The van der Waals surface area contributed by atoms with Crippen LogP contribution in [-0.2, 0) is 4.74 Å². The number of ether oxygens (including phenoxy) is 2. The zero-order valence-electron chi connectivity index (χ0n) is 9.34. The van der Waals surface area contributed by atoms with E-state index < -0.39 is 5.97 Å². The van der Waals surface area contributed by atoms with Gasteiger partial charge in [-0.15, -0.1) is 12.4 Å². The van der Waals surface area contributed by atoms with Crippen molar-refractivity contribution in [3.8, 4) is 5.75 Å². The minimum atomic E-state index is -0.473. The summed E-state index contributed by atoms with van der Waals surface area (Å²) in [6.07, 6.45) is 3.07. The Morgan fingerprint density at radius 1 is 1.47 bits per heavy atom. The molecule has 0 fully saturated rings. The Morgan fingerprint density at radius 2 is 2.18 bits per heavy atom. The van der Waals surface area contributed by atoms with Crippen LogP contribution >= 0.6 is 12.4 Å². The van der Waals surface area contributed by atoms with Crippen molar-refractivity contribution in [2.75, 3.05) is 20.0 Å². The van der Waals surface area contributed by atoms with E-state index in [2.05, 4.69) is 9.84 Å². The number of esters is 1. The number of anilines is 1. The second-order valence-corrected chi connectivity index (χ2v) is 3.15. The second kappa shape index (κ2) is 4.92. The monoisotopic (exact) mass is 257 g/mol. The Hall–Kier alpha value is -1.95. The van der Waals surface area contributed by atoms with Crippen molar-refractivity contribution in [2.45, 2.75) is 0 Å². The third kappa shape index (κ3) is 1.99. The van der Waals surface area contributed by atoms with Crippen LogP contribution in [0.3, 0.4) is 0 Å². The summed E-state index contributed by atoms with van der Waals surface area (Å²) in [5, 5.41) is 4.02. The predicted octanol–water partition coefficient (Wildman–Crippen LogP) is 1.13.